The minimum Gasteiger partial charge on any atom is -0.379 e. The van der Waals surface area contributed by atoms with E-state index in [1.165, 1.54) is 38.6 Å². The monoisotopic (exact) mass is 240 g/mol. The van der Waals surface area contributed by atoms with E-state index in [9.17, 15) is 0 Å². The molecule has 1 aliphatic heterocycles. The first-order valence-electron chi connectivity index (χ1n) is 7.27. The highest BCUT2D eigenvalue weighted by Crippen LogP contribution is 2.26. The number of morpholine rings is 1. The fourth-order valence-corrected chi connectivity index (χ4v) is 3.14. The van der Waals surface area contributed by atoms with Crippen molar-refractivity contribution in [2.45, 2.75) is 51.1 Å². The lowest BCUT2D eigenvalue weighted by molar-refractivity contribution is 0.0631. The molecule has 3 nitrogen and oxygen atoms in total. The summed E-state index contributed by atoms with van der Waals surface area (Å²) in [6.07, 6.45) is 7.00. The molecule has 2 unspecified atom stereocenters. The van der Waals surface area contributed by atoms with E-state index >= 15 is 0 Å². The van der Waals surface area contributed by atoms with Gasteiger partial charge in [-0.15, -0.1) is 0 Å². The average Bonchev–Trinajstić information content (AvgIpc) is 2.83. The molecule has 1 saturated heterocycles. The molecule has 2 rings (SSSR count). The third kappa shape index (κ3) is 4.23. The van der Waals surface area contributed by atoms with E-state index in [1.807, 2.05) is 0 Å². The highest BCUT2D eigenvalue weighted by molar-refractivity contribution is 4.78. The summed E-state index contributed by atoms with van der Waals surface area (Å²) in [7, 11) is 2.28. The van der Waals surface area contributed by atoms with Crippen molar-refractivity contribution in [1.29, 1.82) is 0 Å². The van der Waals surface area contributed by atoms with E-state index in [2.05, 4.69) is 24.2 Å². The highest BCUT2D eigenvalue weighted by atomic mass is 16.5. The fourth-order valence-electron chi connectivity index (χ4n) is 3.14. The van der Waals surface area contributed by atoms with Crippen LogP contribution in [-0.2, 0) is 4.74 Å². The van der Waals surface area contributed by atoms with Gasteiger partial charge in [0.25, 0.3) is 0 Å². The highest BCUT2D eigenvalue weighted by Gasteiger charge is 2.22. The molecule has 2 atom stereocenters. The smallest absolute Gasteiger partial charge is 0.0620 e. The maximum atomic E-state index is 5.52. The second-order valence-corrected chi connectivity index (χ2v) is 5.90. The van der Waals surface area contributed by atoms with Gasteiger partial charge in [0.05, 0.1) is 13.2 Å². The summed E-state index contributed by atoms with van der Waals surface area (Å²) < 4.78 is 5.52. The van der Waals surface area contributed by atoms with Crippen LogP contribution in [0.15, 0.2) is 0 Å². The standard InChI is InChI=1S/C14H28N2O/c1-12(9-14-11-17-8-7-15-14)16(2)10-13-5-3-4-6-13/h12-15H,3-11H2,1-2H3. The van der Waals surface area contributed by atoms with Gasteiger partial charge >= 0.3 is 0 Å². The van der Waals surface area contributed by atoms with Gasteiger partial charge in [-0.3, -0.25) is 0 Å². The van der Waals surface area contributed by atoms with E-state index in [0.29, 0.717) is 12.1 Å². The second-order valence-electron chi connectivity index (χ2n) is 5.90. The van der Waals surface area contributed by atoms with Gasteiger partial charge in [-0.25, -0.2) is 0 Å². The maximum Gasteiger partial charge on any atom is 0.0620 e. The van der Waals surface area contributed by atoms with Crippen molar-refractivity contribution in [2.75, 3.05) is 33.4 Å². The van der Waals surface area contributed by atoms with Crippen LogP contribution in [-0.4, -0.2) is 50.3 Å². The van der Waals surface area contributed by atoms with Crippen LogP contribution in [0.1, 0.15) is 39.0 Å². The molecule has 0 radical (unpaired) electrons. The summed E-state index contributed by atoms with van der Waals surface area (Å²) in [5.41, 5.74) is 0. The van der Waals surface area contributed by atoms with E-state index in [-0.39, 0.29) is 0 Å². The van der Waals surface area contributed by atoms with Crippen LogP contribution in [0, 0.1) is 5.92 Å². The topological polar surface area (TPSA) is 24.5 Å². The molecule has 0 aromatic carbocycles. The van der Waals surface area contributed by atoms with E-state index in [4.69, 9.17) is 4.74 Å². The van der Waals surface area contributed by atoms with Gasteiger partial charge in [0.1, 0.15) is 0 Å². The lowest BCUT2D eigenvalue weighted by Crippen LogP contribution is -2.45. The molecule has 0 aromatic rings. The minimum atomic E-state index is 0.560. The average molecular weight is 240 g/mol. The molecule has 0 aromatic heterocycles. The number of hydrogen-bond donors (Lipinski definition) is 1. The lowest BCUT2D eigenvalue weighted by Gasteiger charge is -2.32. The van der Waals surface area contributed by atoms with Gasteiger partial charge in [0.2, 0.25) is 0 Å². The summed E-state index contributed by atoms with van der Waals surface area (Å²) in [6, 6.07) is 1.22. The molecule has 0 bridgehead atoms. The Morgan fingerprint density at radius 3 is 2.76 bits per heavy atom. The van der Waals surface area contributed by atoms with Crippen molar-refractivity contribution >= 4 is 0 Å². The molecule has 1 N–H and O–H groups in total. The summed E-state index contributed by atoms with van der Waals surface area (Å²) in [5.74, 6) is 0.956. The normalized spacial score (nSPS) is 28.8. The van der Waals surface area contributed by atoms with Crippen molar-refractivity contribution < 1.29 is 4.74 Å². The Bertz CT molecular complexity index is 210. The van der Waals surface area contributed by atoms with Crippen molar-refractivity contribution in [2.24, 2.45) is 5.92 Å². The summed E-state index contributed by atoms with van der Waals surface area (Å²) in [5, 5.41) is 3.55. The van der Waals surface area contributed by atoms with Crippen molar-refractivity contribution in [3.8, 4) is 0 Å². The Kier molecular flexibility index (Phi) is 5.26. The van der Waals surface area contributed by atoms with Crippen LogP contribution in [0.3, 0.4) is 0 Å². The molecule has 1 aliphatic carbocycles. The minimum absolute atomic E-state index is 0.560. The largest absolute Gasteiger partial charge is 0.379 e. The lowest BCUT2D eigenvalue weighted by atomic mass is 10.0. The Morgan fingerprint density at radius 1 is 1.35 bits per heavy atom. The predicted octanol–water partition coefficient (Wildman–Crippen LogP) is 1.88. The number of hydrogen-bond acceptors (Lipinski definition) is 3. The Hall–Kier alpha value is -0.120. The Morgan fingerprint density at radius 2 is 2.12 bits per heavy atom. The van der Waals surface area contributed by atoms with Gasteiger partial charge in [0, 0.05) is 25.2 Å². The number of nitrogens with zero attached hydrogens (tertiary/aromatic N) is 1. The zero-order chi connectivity index (χ0) is 12.1. The first-order valence-corrected chi connectivity index (χ1v) is 7.27. The Balaban J connectivity index is 1.68. The molecule has 0 amide bonds. The molecule has 2 fully saturated rings. The molecule has 0 spiro atoms. The molecular weight excluding hydrogens is 212 g/mol. The van der Waals surface area contributed by atoms with Gasteiger partial charge in [-0.05, 0) is 39.2 Å². The van der Waals surface area contributed by atoms with Crippen molar-refractivity contribution in [1.82, 2.24) is 10.2 Å². The van der Waals surface area contributed by atoms with Crippen LogP contribution >= 0.6 is 0 Å². The summed E-state index contributed by atoms with van der Waals surface area (Å²) in [4.78, 5) is 2.55. The molecule has 3 heteroatoms. The molecule has 1 heterocycles. The SMILES string of the molecule is CC(CC1COCCN1)N(C)CC1CCCC1. The Labute approximate surface area is 106 Å². The van der Waals surface area contributed by atoms with Gasteiger partial charge in [-0.1, -0.05) is 12.8 Å². The molecule has 2 aliphatic rings. The van der Waals surface area contributed by atoms with Gasteiger partial charge in [-0.2, -0.15) is 0 Å². The maximum absolute atomic E-state index is 5.52. The number of nitrogens with one attached hydrogen (secondary N) is 1. The van der Waals surface area contributed by atoms with Crippen molar-refractivity contribution in [3.05, 3.63) is 0 Å². The van der Waals surface area contributed by atoms with Crippen molar-refractivity contribution in [3.63, 3.8) is 0 Å². The van der Waals surface area contributed by atoms with Crippen LogP contribution in [0.5, 0.6) is 0 Å². The molecule has 17 heavy (non-hydrogen) atoms. The first-order chi connectivity index (χ1) is 8.25. The van der Waals surface area contributed by atoms with Crippen LogP contribution in [0.25, 0.3) is 0 Å². The van der Waals surface area contributed by atoms with E-state index < -0.39 is 0 Å². The van der Waals surface area contributed by atoms with Gasteiger partial charge < -0.3 is 15.0 Å². The number of ether oxygens (including phenoxy) is 1. The molecule has 1 saturated carbocycles. The van der Waals surface area contributed by atoms with Crippen LogP contribution in [0.4, 0.5) is 0 Å². The number of rotatable bonds is 5. The molecule has 100 valence electrons. The molecular formula is C14H28N2O. The third-order valence-electron chi connectivity index (χ3n) is 4.40. The fraction of sp³-hybridized carbons (Fsp3) is 1.00. The quantitative estimate of drug-likeness (QED) is 0.794. The van der Waals surface area contributed by atoms with Crippen LogP contribution in [0.2, 0.25) is 0 Å². The summed E-state index contributed by atoms with van der Waals surface area (Å²) >= 11 is 0. The van der Waals surface area contributed by atoms with Crippen LogP contribution < -0.4 is 5.32 Å². The van der Waals surface area contributed by atoms with E-state index in [0.717, 1.165) is 25.7 Å². The predicted molar refractivity (Wildman–Crippen MR) is 71.3 cm³/mol. The second kappa shape index (κ2) is 6.72. The van der Waals surface area contributed by atoms with E-state index in [1.54, 1.807) is 0 Å². The first kappa shape index (κ1) is 13.3. The zero-order valence-electron chi connectivity index (χ0n) is 11.5. The van der Waals surface area contributed by atoms with Gasteiger partial charge in [0.15, 0.2) is 0 Å². The zero-order valence-corrected chi connectivity index (χ0v) is 11.5. The summed E-state index contributed by atoms with van der Waals surface area (Å²) in [6.45, 7) is 6.42. The third-order valence-corrected chi connectivity index (χ3v) is 4.40.